The highest BCUT2D eigenvalue weighted by molar-refractivity contribution is 5.94. The van der Waals surface area contributed by atoms with Crippen molar-refractivity contribution in [2.45, 2.75) is 59.1 Å². The van der Waals surface area contributed by atoms with Crippen molar-refractivity contribution in [1.29, 1.82) is 0 Å². The third kappa shape index (κ3) is 2.82. The lowest BCUT2D eigenvalue weighted by Crippen LogP contribution is -2.64. The molecule has 0 aromatic carbocycles. The minimum absolute atomic E-state index is 0.0247. The second kappa shape index (κ2) is 6.65. The summed E-state index contributed by atoms with van der Waals surface area (Å²) in [7, 11) is 0. The van der Waals surface area contributed by atoms with E-state index in [9.17, 15) is 9.59 Å². The number of aromatic nitrogens is 1. The van der Waals surface area contributed by atoms with Crippen molar-refractivity contribution >= 4 is 5.91 Å². The van der Waals surface area contributed by atoms with Crippen LogP contribution in [0.25, 0.3) is 0 Å². The second-order valence-corrected chi connectivity index (χ2v) is 6.03. The zero-order valence-electron chi connectivity index (χ0n) is 13.9. The topological polar surface area (TPSA) is 71.2 Å². The summed E-state index contributed by atoms with van der Waals surface area (Å²) in [5, 5.41) is 3.04. The molecule has 2 rings (SSSR count). The first kappa shape index (κ1) is 16.7. The van der Waals surface area contributed by atoms with Gasteiger partial charge >= 0.3 is 0 Å². The van der Waals surface area contributed by atoms with Crippen molar-refractivity contribution < 1.29 is 9.53 Å². The van der Waals surface area contributed by atoms with Crippen LogP contribution in [0, 0.1) is 12.3 Å². The molecule has 0 radical (unpaired) electrons. The Morgan fingerprint density at radius 1 is 1.36 bits per heavy atom. The predicted octanol–water partition coefficient (Wildman–Crippen LogP) is 2.40. The Hall–Kier alpha value is -1.62. The van der Waals surface area contributed by atoms with Crippen LogP contribution in [0.2, 0.25) is 0 Å². The van der Waals surface area contributed by atoms with Gasteiger partial charge in [0.2, 0.25) is 0 Å². The first-order chi connectivity index (χ1) is 10.5. The summed E-state index contributed by atoms with van der Waals surface area (Å²) in [6, 6.07) is 3.39. The number of carbonyl (C=O) groups is 1. The SMILES string of the molecule is CCO[C@@H]1C[C@@H](NC(=O)c2ccc(C)[nH]c2=O)C1(CC)CC. The molecule has 2 atom stereocenters. The number of nitrogens with one attached hydrogen (secondary N) is 2. The van der Waals surface area contributed by atoms with Crippen molar-refractivity contribution in [3.8, 4) is 0 Å². The van der Waals surface area contributed by atoms with E-state index >= 15 is 0 Å². The molecule has 0 unspecified atom stereocenters. The Bertz CT molecular complexity index is 590. The van der Waals surface area contributed by atoms with Gasteiger partial charge in [0.1, 0.15) is 5.56 Å². The Morgan fingerprint density at radius 2 is 2.05 bits per heavy atom. The third-order valence-corrected chi connectivity index (χ3v) is 5.07. The van der Waals surface area contributed by atoms with E-state index in [2.05, 4.69) is 24.1 Å². The molecule has 0 saturated heterocycles. The number of hydrogen-bond acceptors (Lipinski definition) is 3. The zero-order chi connectivity index (χ0) is 16.3. The fourth-order valence-electron chi connectivity index (χ4n) is 3.57. The van der Waals surface area contributed by atoms with Crippen LogP contribution in [-0.2, 0) is 4.74 Å². The highest BCUT2D eigenvalue weighted by atomic mass is 16.5. The summed E-state index contributed by atoms with van der Waals surface area (Å²) in [5.41, 5.74) is 0.560. The quantitative estimate of drug-likeness (QED) is 0.847. The van der Waals surface area contributed by atoms with E-state index in [0.29, 0.717) is 6.61 Å². The summed E-state index contributed by atoms with van der Waals surface area (Å²) < 4.78 is 5.81. The van der Waals surface area contributed by atoms with Gasteiger partial charge in [-0.15, -0.1) is 0 Å². The van der Waals surface area contributed by atoms with E-state index < -0.39 is 0 Å². The largest absolute Gasteiger partial charge is 0.378 e. The van der Waals surface area contributed by atoms with Gasteiger partial charge in [0.05, 0.1) is 6.10 Å². The van der Waals surface area contributed by atoms with Crippen LogP contribution < -0.4 is 10.9 Å². The van der Waals surface area contributed by atoms with E-state index in [1.165, 1.54) is 0 Å². The number of amides is 1. The highest BCUT2D eigenvalue weighted by Gasteiger charge is 2.53. The van der Waals surface area contributed by atoms with Crippen molar-refractivity contribution in [2.75, 3.05) is 6.61 Å². The van der Waals surface area contributed by atoms with Gasteiger partial charge in [-0.05, 0) is 45.2 Å². The van der Waals surface area contributed by atoms with Gasteiger partial charge in [-0.3, -0.25) is 9.59 Å². The summed E-state index contributed by atoms with van der Waals surface area (Å²) in [4.78, 5) is 27.0. The van der Waals surface area contributed by atoms with Crippen LogP contribution in [0.5, 0.6) is 0 Å². The van der Waals surface area contributed by atoms with Crippen LogP contribution in [0.1, 0.15) is 56.1 Å². The molecule has 1 aromatic heterocycles. The van der Waals surface area contributed by atoms with E-state index in [1.807, 2.05) is 6.92 Å². The molecule has 1 aromatic rings. The van der Waals surface area contributed by atoms with Gasteiger partial charge in [-0.1, -0.05) is 13.8 Å². The van der Waals surface area contributed by atoms with Crippen molar-refractivity contribution in [2.24, 2.45) is 5.41 Å². The first-order valence-corrected chi connectivity index (χ1v) is 8.10. The summed E-state index contributed by atoms with van der Waals surface area (Å²) in [5.74, 6) is -0.299. The van der Waals surface area contributed by atoms with Crippen LogP contribution in [0.4, 0.5) is 0 Å². The second-order valence-electron chi connectivity index (χ2n) is 6.03. The van der Waals surface area contributed by atoms with Crippen LogP contribution in [0.3, 0.4) is 0 Å². The number of H-pyrrole nitrogens is 1. The summed E-state index contributed by atoms with van der Waals surface area (Å²) in [6.07, 6.45) is 2.90. The zero-order valence-corrected chi connectivity index (χ0v) is 13.9. The smallest absolute Gasteiger partial charge is 0.260 e. The number of aryl methyl sites for hydroxylation is 1. The molecule has 0 aliphatic heterocycles. The maximum Gasteiger partial charge on any atom is 0.260 e. The van der Waals surface area contributed by atoms with E-state index in [-0.39, 0.29) is 34.6 Å². The molecular formula is C17H26N2O3. The van der Waals surface area contributed by atoms with E-state index in [0.717, 1.165) is 25.0 Å². The van der Waals surface area contributed by atoms with Crippen molar-refractivity contribution in [1.82, 2.24) is 10.3 Å². The molecule has 1 fully saturated rings. The highest BCUT2D eigenvalue weighted by Crippen LogP contribution is 2.48. The molecule has 1 aliphatic rings. The molecule has 22 heavy (non-hydrogen) atoms. The third-order valence-electron chi connectivity index (χ3n) is 5.07. The van der Waals surface area contributed by atoms with Crippen LogP contribution in [-0.4, -0.2) is 29.6 Å². The van der Waals surface area contributed by atoms with Gasteiger partial charge in [-0.2, -0.15) is 0 Å². The lowest BCUT2D eigenvalue weighted by molar-refractivity contribution is -0.134. The Labute approximate surface area is 131 Å². The van der Waals surface area contributed by atoms with Gasteiger partial charge in [0.15, 0.2) is 0 Å². The summed E-state index contributed by atoms with van der Waals surface area (Å²) in [6.45, 7) is 8.73. The summed E-state index contributed by atoms with van der Waals surface area (Å²) >= 11 is 0. The Morgan fingerprint density at radius 3 is 2.59 bits per heavy atom. The molecule has 1 saturated carbocycles. The first-order valence-electron chi connectivity index (χ1n) is 8.10. The number of hydrogen-bond donors (Lipinski definition) is 2. The molecular weight excluding hydrogens is 280 g/mol. The molecule has 1 heterocycles. The van der Waals surface area contributed by atoms with Crippen molar-refractivity contribution in [3.63, 3.8) is 0 Å². The number of carbonyl (C=O) groups excluding carboxylic acids is 1. The van der Waals surface area contributed by atoms with Gasteiger partial charge in [-0.25, -0.2) is 0 Å². The Balaban J connectivity index is 2.13. The molecule has 5 nitrogen and oxygen atoms in total. The minimum Gasteiger partial charge on any atom is -0.378 e. The maximum absolute atomic E-state index is 12.4. The molecule has 0 spiro atoms. The molecule has 1 amide bonds. The molecule has 5 heteroatoms. The van der Waals surface area contributed by atoms with Crippen molar-refractivity contribution in [3.05, 3.63) is 33.7 Å². The minimum atomic E-state index is -0.336. The lowest BCUT2D eigenvalue weighted by atomic mass is 9.58. The van der Waals surface area contributed by atoms with Crippen LogP contribution >= 0.6 is 0 Å². The lowest BCUT2D eigenvalue weighted by Gasteiger charge is -2.55. The average Bonchev–Trinajstić information content (AvgIpc) is 2.47. The van der Waals surface area contributed by atoms with Crippen LogP contribution in [0.15, 0.2) is 16.9 Å². The van der Waals surface area contributed by atoms with Gasteiger partial charge in [0, 0.05) is 23.8 Å². The number of rotatable bonds is 6. The fraction of sp³-hybridized carbons (Fsp3) is 0.647. The molecule has 0 bridgehead atoms. The average molecular weight is 306 g/mol. The normalized spacial score (nSPS) is 22.9. The van der Waals surface area contributed by atoms with Gasteiger partial charge in [0.25, 0.3) is 11.5 Å². The number of aromatic amines is 1. The monoisotopic (exact) mass is 306 g/mol. The van der Waals surface area contributed by atoms with E-state index in [4.69, 9.17) is 4.74 Å². The molecule has 122 valence electrons. The fourth-order valence-corrected chi connectivity index (χ4v) is 3.57. The molecule has 2 N–H and O–H groups in total. The standard InChI is InChI=1S/C17H26N2O3/c1-5-17(6-2)13(10-14(17)22-7-3)19-16(21)12-9-8-11(4)18-15(12)20/h8-9,13-14H,5-7,10H2,1-4H3,(H,18,20)(H,19,21)/t13-,14-/m1/s1. The number of ether oxygens (including phenoxy) is 1. The predicted molar refractivity (Wildman–Crippen MR) is 86.1 cm³/mol. The Kier molecular flexibility index (Phi) is 5.06. The molecule has 1 aliphatic carbocycles. The van der Waals surface area contributed by atoms with E-state index in [1.54, 1.807) is 19.1 Å². The van der Waals surface area contributed by atoms with Gasteiger partial charge < -0.3 is 15.0 Å². The maximum atomic E-state index is 12.4. The number of pyridine rings is 1.